The van der Waals surface area contributed by atoms with E-state index in [9.17, 15) is 9.59 Å². The molecule has 1 aromatic rings. The number of ether oxygens (including phenoxy) is 2. The van der Waals surface area contributed by atoms with Gasteiger partial charge in [0.1, 0.15) is 12.7 Å². The molecule has 1 saturated heterocycles. The van der Waals surface area contributed by atoms with Crippen molar-refractivity contribution >= 4 is 12.1 Å². The molecule has 0 spiro atoms. The van der Waals surface area contributed by atoms with E-state index >= 15 is 0 Å². The summed E-state index contributed by atoms with van der Waals surface area (Å²) in [6.07, 6.45) is 1.04. The summed E-state index contributed by atoms with van der Waals surface area (Å²) in [5.74, 6) is -0.281. The molecular formula is C18H21NO4. The number of carbonyl (C=O) groups is 2. The van der Waals surface area contributed by atoms with Gasteiger partial charge < -0.3 is 14.4 Å². The largest absolute Gasteiger partial charge is 0.452 e. The Hall–Kier alpha value is -2.30. The Balaban J connectivity index is 1.65. The van der Waals surface area contributed by atoms with E-state index in [1.807, 2.05) is 37.3 Å². The highest BCUT2D eigenvalue weighted by molar-refractivity contribution is 5.91. The highest BCUT2D eigenvalue weighted by Crippen LogP contribution is 2.32. The van der Waals surface area contributed by atoms with Crippen LogP contribution in [0, 0.1) is 0 Å². The van der Waals surface area contributed by atoms with Crippen LogP contribution in [0.2, 0.25) is 0 Å². The number of benzene rings is 1. The quantitative estimate of drug-likeness (QED) is 0.805. The molecule has 0 saturated carbocycles. The highest BCUT2D eigenvalue weighted by atomic mass is 16.6. The van der Waals surface area contributed by atoms with Crippen LogP contribution in [0.3, 0.4) is 0 Å². The number of cyclic esters (lactones) is 1. The van der Waals surface area contributed by atoms with Gasteiger partial charge in [0, 0.05) is 12.1 Å². The highest BCUT2D eigenvalue weighted by Gasteiger charge is 2.42. The number of amides is 1. The van der Waals surface area contributed by atoms with Crippen LogP contribution in [0.5, 0.6) is 0 Å². The maximum atomic E-state index is 12.4. The minimum atomic E-state index is -0.343. The first kappa shape index (κ1) is 15.6. The third-order valence-electron chi connectivity index (χ3n) is 4.65. The third kappa shape index (κ3) is 3.09. The minimum absolute atomic E-state index is 0.125. The summed E-state index contributed by atoms with van der Waals surface area (Å²) in [5.41, 5.74) is 2.53. The van der Waals surface area contributed by atoms with Crippen LogP contribution in [-0.2, 0) is 20.9 Å². The standard InChI is InChI=1S/C18H21NO4/c1-12-13(2)17(20)23-16(12)15-9-6-10-19(15)18(21)22-11-14-7-4-3-5-8-14/h3-5,7-8,15-16H,6,9-11H2,1-2H3/t15-,16-/m1/s1. The summed E-state index contributed by atoms with van der Waals surface area (Å²) in [5, 5.41) is 0. The lowest BCUT2D eigenvalue weighted by atomic mass is 10.0. The zero-order chi connectivity index (χ0) is 16.4. The molecular weight excluding hydrogens is 294 g/mol. The molecule has 3 rings (SSSR count). The lowest BCUT2D eigenvalue weighted by molar-refractivity contribution is -0.141. The fourth-order valence-electron chi connectivity index (χ4n) is 3.17. The van der Waals surface area contributed by atoms with E-state index in [0.29, 0.717) is 12.1 Å². The molecule has 0 aliphatic carbocycles. The van der Waals surface area contributed by atoms with Crippen LogP contribution >= 0.6 is 0 Å². The van der Waals surface area contributed by atoms with Gasteiger partial charge in [0.2, 0.25) is 0 Å². The number of nitrogens with zero attached hydrogens (tertiary/aromatic N) is 1. The molecule has 1 fully saturated rings. The van der Waals surface area contributed by atoms with Crippen molar-refractivity contribution < 1.29 is 19.1 Å². The second kappa shape index (κ2) is 6.44. The molecule has 1 aromatic carbocycles. The lowest BCUT2D eigenvalue weighted by Gasteiger charge is -2.28. The Labute approximate surface area is 135 Å². The first-order valence-corrected chi connectivity index (χ1v) is 7.93. The fourth-order valence-corrected chi connectivity index (χ4v) is 3.17. The van der Waals surface area contributed by atoms with Gasteiger partial charge in [0.25, 0.3) is 0 Å². The summed E-state index contributed by atoms with van der Waals surface area (Å²) in [6.45, 7) is 4.56. The maximum Gasteiger partial charge on any atom is 0.410 e. The summed E-state index contributed by atoms with van der Waals surface area (Å²) >= 11 is 0. The van der Waals surface area contributed by atoms with Gasteiger partial charge in [0.15, 0.2) is 0 Å². The predicted molar refractivity (Wildman–Crippen MR) is 84.6 cm³/mol. The molecule has 0 bridgehead atoms. The molecule has 2 aliphatic rings. The molecule has 0 radical (unpaired) electrons. The number of likely N-dealkylation sites (tertiary alicyclic amines) is 1. The SMILES string of the molecule is CC1=C(C)[C@H]([C@H]2CCCN2C(=O)OCc2ccccc2)OC1=O. The van der Waals surface area contributed by atoms with Crippen LogP contribution in [0.1, 0.15) is 32.3 Å². The number of hydrogen-bond donors (Lipinski definition) is 0. The van der Waals surface area contributed by atoms with Gasteiger partial charge in [-0.15, -0.1) is 0 Å². The first-order chi connectivity index (χ1) is 11.1. The zero-order valence-electron chi connectivity index (χ0n) is 13.5. The zero-order valence-corrected chi connectivity index (χ0v) is 13.5. The Kier molecular flexibility index (Phi) is 4.37. The van der Waals surface area contributed by atoms with Crippen LogP contribution in [0.4, 0.5) is 4.79 Å². The van der Waals surface area contributed by atoms with Gasteiger partial charge in [-0.1, -0.05) is 30.3 Å². The second-order valence-corrected chi connectivity index (χ2v) is 6.08. The van der Waals surface area contributed by atoms with Gasteiger partial charge in [0.05, 0.1) is 6.04 Å². The van der Waals surface area contributed by atoms with Crippen molar-refractivity contribution in [3.05, 3.63) is 47.0 Å². The maximum absolute atomic E-state index is 12.4. The number of rotatable bonds is 3. The summed E-state index contributed by atoms with van der Waals surface area (Å²) < 4.78 is 10.9. The average Bonchev–Trinajstić information content (AvgIpc) is 3.14. The fraction of sp³-hybridized carbons (Fsp3) is 0.444. The lowest BCUT2D eigenvalue weighted by Crippen LogP contribution is -2.43. The number of carbonyl (C=O) groups excluding carboxylic acids is 2. The van der Waals surface area contributed by atoms with Crippen LogP contribution < -0.4 is 0 Å². The average molecular weight is 315 g/mol. The van der Waals surface area contributed by atoms with Crippen molar-refractivity contribution in [1.82, 2.24) is 4.90 Å². The minimum Gasteiger partial charge on any atom is -0.452 e. The smallest absolute Gasteiger partial charge is 0.410 e. The molecule has 0 unspecified atom stereocenters. The topological polar surface area (TPSA) is 55.8 Å². The Morgan fingerprint density at radius 2 is 2.04 bits per heavy atom. The van der Waals surface area contributed by atoms with Crippen molar-refractivity contribution in [3.8, 4) is 0 Å². The Bertz CT molecular complexity index is 638. The van der Waals surface area contributed by atoms with E-state index in [0.717, 1.165) is 24.0 Å². The Morgan fingerprint density at radius 1 is 1.30 bits per heavy atom. The summed E-state index contributed by atoms with van der Waals surface area (Å²) in [6, 6.07) is 9.47. The molecule has 1 amide bonds. The van der Waals surface area contributed by atoms with Crippen molar-refractivity contribution in [2.75, 3.05) is 6.54 Å². The normalized spacial score (nSPS) is 24.1. The van der Waals surface area contributed by atoms with Crippen molar-refractivity contribution in [1.29, 1.82) is 0 Å². The van der Waals surface area contributed by atoms with Crippen LogP contribution in [-0.4, -0.2) is 35.7 Å². The van der Waals surface area contributed by atoms with Gasteiger partial charge in [-0.3, -0.25) is 0 Å². The van der Waals surface area contributed by atoms with E-state index in [1.165, 1.54) is 0 Å². The third-order valence-corrected chi connectivity index (χ3v) is 4.65. The molecule has 2 atom stereocenters. The van der Waals surface area contributed by atoms with E-state index in [1.54, 1.807) is 11.8 Å². The van der Waals surface area contributed by atoms with Gasteiger partial charge in [-0.25, -0.2) is 9.59 Å². The Morgan fingerprint density at radius 3 is 2.70 bits per heavy atom. The summed E-state index contributed by atoms with van der Waals surface area (Å²) in [4.78, 5) is 25.8. The van der Waals surface area contributed by atoms with Crippen molar-refractivity contribution in [2.45, 2.75) is 45.4 Å². The van der Waals surface area contributed by atoms with E-state index in [4.69, 9.17) is 9.47 Å². The van der Waals surface area contributed by atoms with Crippen LogP contribution in [0.25, 0.3) is 0 Å². The van der Waals surface area contributed by atoms with Crippen molar-refractivity contribution in [2.24, 2.45) is 0 Å². The number of esters is 1. The molecule has 23 heavy (non-hydrogen) atoms. The van der Waals surface area contributed by atoms with E-state index < -0.39 is 0 Å². The monoisotopic (exact) mass is 315 g/mol. The van der Waals surface area contributed by atoms with E-state index in [-0.39, 0.29) is 30.8 Å². The van der Waals surface area contributed by atoms with E-state index in [2.05, 4.69) is 0 Å². The molecule has 2 aliphatic heterocycles. The first-order valence-electron chi connectivity index (χ1n) is 7.93. The summed E-state index contributed by atoms with van der Waals surface area (Å²) in [7, 11) is 0. The molecule has 0 aromatic heterocycles. The van der Waals surface area contributed by atoms with Gasteiger partial charge in [-0.2, -0.15) is 0 Å². The molecule has 5 heteroatoms. The number of hydrogen-bond acceptors (Lipinski definition) is 4. The van der Waals surface area contributed by atoms with Gasteiger partial charge in [-0.05, 0) is 37.8 Å². The molecule has 122 valence electrons. The van der Waals surface area contributed by atoms with Crippen LogP contribution in [0.15, 0.2) is 41.5 Å². The molecule has 2 heterocycles. The molecule has 5 nitrogen and oxygen atoms in total. The van der Waals surface area contributed by atoms with Gasteiger partial charge >= 0.3 is 12.1 Å². The predicted octanol–water partition coefficient (Wildman–Crippen LogP) is 3.05. The molecule has 0 N–H and O–H groups in total. The second-order valence-electron chi connectivity index (χ2n) is 6.08. The van der Waals surface area contributed by atoms with Crippen molar-refractivity contribution in [3.63, 3.8) is 0 Å².